The first-order chi connectivity index (χ1) is 8.98. The zero-order valence-electron chi connectivity index (χ0n) is 14.5. The molecule has 20 heavy (non-hydrogen) atoms. The first-order valence-corrected chi connectivity index (χ1v) is 8.41. The summed E-state index contributed by atoms with van der Waals surface area (Å²) in [4.78, 5) is 0. The van der Waals surface area contributed by atoms with Gasteiger partial charge in [-0.2, -0.15) is 0 Å². The van der Waals surface area contributed by atoms with Crippen LogP contribution < -0.4 is 0 Å². The molecule has 2 aliphatic carbocycles. The van der Waals surface area contributed by atoms with Crippen molar-refractivity contribution in [3.63, 3.8) is 0 Å². The molecule has 1 N–H and O–H groups in total. The predicted octanol–water partition coefficient (Wildman–Crippen LogP) is 4.75. The van der Waals surface area contributed by atoms with E-state index in [1.807, 2.05) is 0 Å². The SMILES string of the molecule is CC[C@]12CCC(C)(OC(C)(C)O)C(C)(C)[C@@H]1CC[C@H]2C. The summed E-state index contributed by atoms with van der Waals surface area (Å²) in [5.41, 5.74) is 0.358. The molecule has 2 rings (SSSR count). The van der Waals surface area contributed by atoms with Crippen molar-refractivity contribution in [1.82, 2.24) is 0 Å². The third kappa shape index (κ3) is 2.23. The lowest BCUT2D eigenvalue weighted by atomic mass is 9.49. The molecule has 2 fully saturated rings. The van der Waals surface area contributed by atoms with E-state index < -0.39 is 5.79 Å². The summed E-state index contributed by atoms with van der Waals surface area (Å²) < 4.78 is 6.17. The lowest BCUT2D eigenvalue weighted by Crippen LogP contribution is -2.59. The van der Waals surface area contributed by atoms with Gasteiger partial charge in [-0.1, -0.05) is 27.7 Å². The van der Waals surface area contributed by atoms with Gasteiger partial charge in [0.1, 0.15) is 0 Å². The molecule has 118 valence electrons. The average molecular weight is 282 g/mol. The smallest absolute Gasteiger partial charge is 0.160 e. The van der Waals surface area contributed by atoms with E-state index in [0.717, 1.165) is 12.3 Å². The Hall–Kier alpha value is -0.0800. The zero-order chi connectivity index (χ0) is 15.4. The van der Waals surface area contributed by atoms with Gasteiger partial charge in [0, 0.05) is 0 Å². The fraction of sp³-hybridized carbons (Fsp3) is 1.00. The third-order valence-electron chi connectivity index (χ3n) is 7.00. The molecule has 0 aromatic carbocycles. The van der Waals surface area contributed by atoms with Gasteiger partial charge in [-0.05, 0) is 75.5 Å². The predicted molar refractivity (Wildman–Crippen MR) is 83.4 cm³/mol. The van der Waals surface area contributed by atoms with Crippen LogP contribution in [0.25, 0.3) is 0 Å². The van der Waals surface area contributed by atoms with Crippen molar-refractivity contribution < 1.29 is 9.84 Å². The fourth-order valence-electron chi connectivity index (χ4n) is 5.50. The van der Waals surface area contributed by atoms with Gasteiger partial charge in [-0.3, -0.25) is 0 Å². The normalized spacial score (nSPS) is 44.4. The van der Waals surface area contributed by atoms with E-state index >= 15 is 0 Å². The number of hydrogen-bond donors (Lipinski definition) is 1. The summed E-state index contributed by atoms with van der Waals surface area (Å²) in [6, 6.07) is 0. The maximum atomic E-state index is 10.2. The van der Waals surface area contributed by atoms with Crippen molar-refractivity contribution in [2.45, 2.75) is 92.0 Å². The Morgan fingerprint density at radius 2 is 1.75 bits per heavy atom. The number of fused-ring (bicyclic) bond motifs is 1. The van der Waals surface area contributed by atoms with Crippen LogP contribution in [-0.2, 0) is 4.74 Å². The molecule has 0 radical (unpaired) electrons. The van der Waals surface area contributed by atoms with Crippen molar-refractivity contribution in [3.05, 3.63) is 0 Å². The van der Waals surface area contributed by atoms with E-state index in [1.54, 1.807) is 13.8 Å². The summed E-state index contributed by atoms with van der Waals surface area (Å²) in [7, 11) is 0. The first-order valence-electron chi connectivity index (χ1n) is 8.41. The zero-order valence-corrected chi connectivity index (χ0v) is 14.5. The first kappa shape index (κ1) is 16.3. The maximum absolute atomic E-state index is 10.2. The Kier molecular flexibility index (Phi) is 3.84. The van der Waals surface area contributed by atoms with Crippen molar-refractivity contribution in [2.24, 2.45) is 22.7 Å². The molecule has 2 heteroatoms. The van der Waals surface area contributed by atoms with Gasteiger partial charge < -0.3 is 9.84 Å². The lowest BCUT2D eigenvalue weighted by molar-refractivity contribution is -0.298. The van der Waals surface area contributed by atoms with Gasteiger partial charge >= 0.3 is 0 Å². The van der Waals surface area contributed by atoms with Gasteiger partial charge in [0.25, 0.3) is 0 Å². The maximum Gasteiger partial charge on any atom is 0.160 e. The molecule has 0 amide bonds. The quantitative estimate of drug-likeness (QED) is 0.757. The van der Waals surface area contributed by atoms with Crippen LogP contribution in [0.1, 0.15) is 80.6 Å². The monoisotopic (exact) mass is 282 g/mol. The topological polar surface area (TPSA) is 29.5 Å². The molecule has 0 aromatic heterocycles. The molecule has 2 nitrogen and oxygen atoms in total. The third-order valence-corrected chi connectivity index (χ3v) is 7.00. The van der Waals surface area contributed by atoms with E-state index in [4.69, 9.17) is 4.74 Å². The number of aliphatic hydroxyl groups is 1. The minimum absolute atomic E-state index is 0.103. The number of rotatable bonds is 3. The van der Waals surface area contributed by atoms with Crippen LogP contribution in [0.5, 0.6) is 0 Å². The Morgan fingerprint density at radius 3 is 2.25 bits per heavy atom. The summed E-state index contributed by atoms with van der Waals surface area (Å²) in [5, 5.41) is 10.2. The minimum atomic E-state index is -1.05. The van der Waals surface area contributed by atoms with Crippen LogP contribution in [0.15, 0.2) is 0 Å². The van der Waals surface area contributed by atoms with E-state index in [9.17, 15) is 5.11 Å². The van der Waals surface area contributed by atoms with Gasteiger partial charge in [-0.15, -0.1) is 0 Å². The molecule has 1 unspecified atom stereocenters. The summed E-state index contributed by atoms with van der Waals surface area (Å²) in [6.07, 6.45) is 6.23. The minimum Gasteiger partial charge on any atom is -0.366 e. The Balaban J connectivity index is 2.36. The molecule has 0 spiro atoms. The van der Waals surface area contributed by atoms with Crippen molar-refractivity contribution >= 4 is 0 Å². The summed E-state index contributed by atoms with van der Waals surface area (Å²) >= 11 is 0. The van der Waals surface area contributed by atoms with Crippen LogP contribution >= 0.6 is 0 Å². The lowest BCUT2D eigenvalue weighted by Gasteiger charge is -2.60. The Morgan fingerprint density at radius 1 is 1.15 bits per heavy atom. The van der Waals surface area contributed by atoms with E-state index in [-0.39, 0.29) is 11.0 Å². The second-order valence-corrected chi connectivity index (χ2v) is 8.62. The molecule has 2 aliphatic rings. The van der Waals surface area contributed by atoms with Crippen LogP contribution in [0.4, 0.5) is 0 Å². The molecular weight excluding hydrogens is 248 g/mol. The van der Waals surface area contributed by atoms with Crippen LogP contribution in [-0.4, -0.2) is 16.5 Å². The van der Waals surface area contributed by atoms with E-state index in [0.29, 0.717) is 11.3 Å². The van der Waals surface area contributed by atoms with Gasteiger partial charge in [0.2, 0.25) is 0 Å². The fourth-order valence-corrected chi connectivity index (χ4v) is 5.50. The van der Waals surface area contributed by atoms with Crippen molar-refractivity contribution in [2.75, 3.05) is 0 Å². The van der Waals surface area contributed by atoms with Crippen LogP contribution in [0.2, 0.25) is 0 Å². The highest BCUT2D eigenvalue weighted by molar-refractivity contribution is 5.11. The second kappa shape index (κ2) is 4.71. The molecule has 2 saturated carbocycles. The highest BCUT2D eigenvalue weighted by Gasteiger charge is 2.62. The van der Waals surface area contributed by atoms with Gasteiger partial charge in [0.15, 0.2) is 5.79 Å². The Bertz CT molecular complexity index is 368. The van der Waals surface area contributed by atoms with E-state index in [1.165, 1.54) is 25.7 Å². The molecule has 0 saturated heterocycles. The highest BCUT2D eigenvalue weighted by Crippen LogP contribution is 2.66. The molecule has 0 aliphatic heterocycles. The molecule has 0 bridgehead atoms. The average Bonchev–Trinajstić information content (AvgIpc) is 2.62. The van der Waals surface area contributed by atoms with Crippen LogP contribution in [0.3, 0.4) is 0 Å². The van der Waals surface area contributed by atoms with Crippen LogP contribution in [0, 0.1) is 22.7 Å². The molecule has 0 heterocycles. The summed E-state index contributed by atoms with van der Waals surface area (Å²) in [6.45, 7) is 15.3. The Labute approximate surface area is 125 Å². The van der Waals surface area contributed by atoms with Crippen molar-refractivity contribution in [1.29, 1.82) is 0 Å². The largest absolute Gasteiger partial charge is 0.366 e. The molecule has 0 aromatic rings. The van der Waals surface area contributed by atoms with E-state index in [2.05, 4.69) is 34.6 Å². The standard InChI is InChI=1S/C18H34O2/c1-8-18-12-11-17(7,20-16(5,6)19)15(3,4)14(18)10-9-13(18)2/h13-14,19H,8-12H2,1-7H3/t13-,14+,17?,18-/m1/s1. The number of ether oxygens (including phenoxy) is 1. The molecular formula is C18H34O2. The van der Waals surface area contributed by atoms with Gasteiger partial charge in [-0.25, -0.2) is 0 Å². The number of hydrogen-bond acceptors (Lipinski definition) is 2. The molecule has 4 atom stereocenters. The highest BCUT2D eigenvalue weighted by atomic mass is 16.6. The van der Waals surface area contributed by atoms with Gasteiger partial charge in [0.05, 0.1) is 5.60 Å². The van der Waals surface area contributed by atoms with Crippen molar-refractivity contribution in [3.8, 4) is 0 Å². The second-order valence-electron chi connectivity index (χ2n) is 8.62. The summed E-state index contributed by atoms with van der Waals surface area (Å²) in [5.74, 6) is 0.474.